The molecule has 0 heterocycles. The van der Waals surface area contributed by atoms with Gasteiger partial charge in [-0.05, 0) is 6.92 Å². The number of hydrogen-bond acceptors (Lipinski definition) is 3. The Morgan fingerprint density at radius 3 is 1.71 bits per heavy atom. The van der Waals surface area contributed by atoms with E-state index in [0.29, 0.717) is 0 Å². The minimum atomic E-state index is -0.547. The van der Waals surface area contributed by atoms with Crippen LogP contribution in [0, 0.1) is 0 Å². The van der Waals surface area contributed by atoms with Gasteiger partial charge in [0.15, 0.2) is 0 Å². The zero-order chi connectivity index (χ0) is 5.91. The fourth-order valence-corrected chi connectivity index (χ4v) is 0.671. The van der Waals surface area contributed by atoms with Crippen LogP contribution < -0.4 is 0 Å². The molecular weight excluding hydrogens is 144 g/mol. The van der Waals surface area contributed by atoms with E-state index in [4.69, 9.17) is 0 Å². The molecule has 0 N–H and O–H groups in total. The zero-order valence-corrected chi connectivity index (χ0v) is 6.68. The highest BCUT2D eigenvalue weighted by atomic mass is 32.2. The van der Waals surface area contributed by atoms with E-state index in [0.717, 1.165) is 0 Å². The van der Waals surface area contributed by atoms with Gasteiger partial charge >= 0.3 is 0 Å². The summed E-state index contributed by atoms with van der Waals surface area (Å²) in [5.74, 6) is 0. The largest absolute Gasteiger partial charge is 0.147 e. The molecule has 0 bridgehead atoms. The molecule has 3 heteroatoms. The highest BCUT2D eigenvalue weighted by Gasteiger charge is 2.05. The summed E-state index contributed by atoms with van der Waals surface area (Å²) < 4.78 is -0.547. The molecule has 0 amide bonds. The van der Waals surface area contributed by atoms with E-state index >= 15 is 0 Å². The van der Waals surface area contributed by atoms with Crippen molar-refractivity contribution in [2.24, 2.45) is 0 Å². The fourth-order valence-electron chi connectivity index (χ4n) is 0.224. The second kappa shape index (κ2) is 2.95. The Kier molecular flexibility index (Phi) is 3.28. The van der Waals surface area contributed by atoms with Crippen LogP contribution in [0.25, 0.3) is 0 Å². The van der Waals surface area contributed by atoms with Gasteiger partial charge in [-0.2, -0.15) is 0 Å². The molecule has 0 aliphatic heterocycles. The van der Waals surface area contributed by atoms with Crippen LogP contribution in [0.5, 0.6) is 0 Å². The second-order valence-electron chi connectivity index (χ2n) is 1.19. The summed E-state index contributed by atoms with van der Waals surface area (Å²) in [6.07, 6.45) is 3.63. The molecule has 0 fully saturated rings. The van der Waals surface area contributed by atoms with Crippen LogP contribution in [-0.2, 0) is 0 Å². The quantitative estimate of drug-likeness (QED) is 0.286. The topological polar surface area (TPSA) is 0 Å². The zero-order valence-electron chi connectivity index (χ0n) is 4.00. The summed E-state index contributed by atoms with van der Waals surface area (Å²) in [6.45, 7) is 1.90. The van der Waals surface area contributed by atoms with Crippen LogP contribution in [0.4, 0.5) is 0 Å². The van der Waals surface area contributed by atoms with Gasteiger partial charge in [0.25, 0.3) is 0 Å². The molecule has 0 saturated carbocycles. The van der Waals surface area contributed by atoms with Crippen molar-refractivity contribution in [3.05, 3.63) is 12.2 Å². The Labute approximate surface area is 60.6 Å². The summed E-state index contributed by atoms with van der Waals surface area (Å²) in [6, 6.07) is 0. The third-order valence-corrected chi connectivity index (χ3v) is 0.837. The van der Waals surface area contributed by atoms with Crippen LogP contribution in [0.1, 0.15) is 6.92 Å². The molecule has 0 rings (SSSR count). The lowest BCUT2D eigenvalue weighted by atomic mass is 10.6. The van der Waals surface area contributed by atoms with Crippen molar-refractivity contribution in [3.8, 4) is 0 Å². The van der Waals surface area contributed by atoms with E-state index in [2.05, 4.69) is 37.9 Å². The summed E-state index contributed by atoms with van der Waals surface area (Å²) in [4.78, 5) is 0. The molecule has 0 unspecified atom stereocenters. The van der Waals surface area contributed by atoms with Gasteiger partial charge < -0.3 is 0 Å². The Morgan fingerprint density at radius 1 is 1.29 bits per heavy atom. The molecule has 0 aromatic heterocycles. The average Bonchev–Trinajstić information content (AvgIpc) is 1.30. The number of rotatable bonds is 1. The maximum Gasteiger partial charge on any atom is 0.117 e. The Bertz CT molecular complexity index is 69.5. The summed E-state index contributed by atoms with van der Waals surface area (Å²) in [5.41, 5.74) is 0. The molecule has 0 atom stereocenters. The van der Waals surface area contributed by atoms with Crippen molar-refractivity contribution in [2.75, 3.05) is 0 Å². The van der Waals surface area contributed by atoms with Crippen LogP contribution in [0.15, 0.2) is 12.2 Å². The first-order chi connectivity index (χ1) is 3.06. The lowest BCUT2D eigenvalue weighted by Gasteiger charge is -2.05. The Hall–Kier alpha value is 0.790. The molecule has 0 nitrogen and oxygen atoms in total. The molecule has 0 spiro atoms. The fraction of sp³-hybridized carbons (Fsp3) is 0.500. The summed E-state index contributed by atoms with van der Waals surface area (Å²) in [5, 5.41) is 0. The smallest absolute Gasteiger partial charge is 0.117 e. The van der Waals surface area contributed by atoms with Crippen LogP contribution >= 0.6 is 37.9 Å². The predicted molar refractivity (Wildman–Crippen MR) is 44.5 cm³/mol. The van der Waals surface area contributed by atoms with Crippen molar-refractivity contribution < 1.29 is 0 Å². The molecular formula is C4H8S3. The Morgan fingerprint density at radius 2 is 1.71 bits per heavy atom. The van der Waals surface area contributed by atoms with Gasteiger partial charge in [-0.1, -0.05) is 12.2 Å². The molecule has 0 aromatic carbocycles. The summed E-state index contributed by atoms with van der Waals surface area (Å²) in [7, 11) is 0. The van der Waals surface area contributed by atoms with Gasteiger partial charge in [0.1, 0.15) is 3.41 Å². The SMILES string of the molecule is C/C=C/C(S)(S)S. The van der Waals surface area contributed by atoms with Gasteiger partial charge in [0, 0.05) is 0 Å². The lowest BCUT2D eigenvalue weighted by Crippen LogP contribution is -1.93. The molecule has 0 aromatic rings. The molecule has 0 radical (unpaired) electrons. The van der Waals surface area contributed by atoms with E-state index in [1.54, 1.807) is 6.08 Å². The highest BCUT2D eigenvalue weighted by Crippen LogP contribution is 2.24. The van der Waals surface area contributed by atoms with Crippen molar-refractivity contribution in [1.82, 2.24) is 0 Å². The minimum absolute atomic E-state index is 0.547. The molecule has 7 heavy (non-hydrogen) atoms. The second-order valence-corrected chi connectivity index (χ2v) is 4.36. The van der Waals surface area contributed by atoms with E-state index in [9.17, 15) is 0 Å². The number of thiol groups is 3. The van der Waals surface area contributed by atoms with Crippen LogP contribution in [-0.4, -0.2) is 3.41 Å². The van der Waals surface area contributed by atoms with Crippen molar-refractivity contribution in [3.63, 3.8) is 0 Å². The first kappa shape index (κ1) is 7.79. The minimum Gasteiger partial charge on any atom is -0.147 e. The van der Waals surface area contributed by atoms with E-state index < -0.39 is 3.41 Å². The van der Waals surface area contributed by atoms with Crippen molar-refractivity contribution >= 4 is 37.9 Å². The van der Waals surface area contributed by atoms with Gasteiger partial charge in [0.05, 0.1) is 0 Å². The van der Waals surface area contributed by atoms with Crippen molar-refractivity contribution in [2.45, 2.75) is 10.3 Å². The monoisotopic (exact) mass is 152 g/mol. The van der Waals surface area contributed by atoms with E-state index in [1.165, 1.54) is 0 Å². The standard InChI is InChI=1S/C4H8S3/c1-2-3-4(5,6)7/h2-3,5-7H,1H3/b3-2+. The molecule has 0 saturated heterocycles. The lowest BCUT2D eigenvalue weighted by molar-refractivity contribution is 1.54. The van der Waals surface area contributed by atoms with Gasteiger partial charge in [0.2, 0.25) is 0 Å². The normalized spacial score (nSPS) is 13.1. The molecule has 42 valence electrons. The van der Waals surface area contributed by atoms with Gasteiger partial charge in [-0.15, -0.1) is 37.9 Å². The maximum absolute atomic E-state index is 3.98. The third-order valence-electron chi connectivity index (χ3n) is 0.390. The molecule has 0 aliphatic rings. The average molecular weight is 152 g/mol. The first-order valence-electron chi connectivity index (χ1n) is 1.87. The Balaban J connectivity index is 3.56. The van der Waals surface area contributed by atoms with E-state index in [1.807, 2.05) is 13.0 Å². The van der Waals surface area contributed by atoms with Crippen LogP contribution in [0.2, 0.25) is 0 Å². The highest BCUT2D eigenvalue weighted by molar-refractivity contribution is 8.17. The van der Waals surface area contributed by atoms with Gasteiger partial charge in [-0.3, -0.25) is 0 Å². The molecule has 0 aliphatic carbocycles. The number of allylic oxidation sites excluding steroid dienone is 1. The third kappa shape index (κ3) is 6.79. The first-order valence-corrected chi connectivity index (χ1v) is 3.21. The van der Waals surface area contributed by atoms with Gasteiger partial charge in [-0.25, -0.2) is 0 Å². The van der Waals surface area contributed by atoms with Crippen LogP contribution in [0.3, 0.4) is 0 Å². The van der Waals surface area contributed by atoms with Crippen molar-refractivity contribution in [1.29, 1.82) is 0 Å². The summed E-state index contributed by atoms with van der Waals surface area (Å²) >= 11 is 11.9. The number of hydrogen-bond donors (Lipinski definition) is 3. The predicted octanol–water partition coefficient (Wildman–Crippen LogP) is 2.01. The maximum atomic E-state index is 3.98. The van der Waals surface area contributed by atoms with E-state index in [-0.39, 0.29) is 0 Å².